The molecule has 0 fully saturated rings. The molecule has 0 aliphatic rings. The molecule has 0 saturated heterocycles. The number of carbonyl (C=O) groups excluding carboxylic acids is 1. The molecule has 0 heterocycles. The van der Waals surface area contributed by atoms with E-state index >= 15 is 0 Å². The first-order valence-corrected chi connectivity index (χ1v) is 7.33. The fourth-order valence-electron chi connectivity index (χ4n) is 1.88. The van der Waals surface area contributed by atoms with Crippen molar-refractivity contribution in [3.8, 4) is 0 Å². The number of hydrogen-bond donors (Lipinski definition) is 2. The summed E-state index contributed by atoms with van der Waals surface area (Å²) in [5, 5.41) is 6.82. The predicted octanol–water partition coefficient (Wildman–Crippen LogP) is 3.77. The van der Waals surface area contributed by atoms with Crippen LogP contribution in [0.1, 0.15) is 17.5 Å². The van der Waals surface area contributed by atoms with Crippen LogP contribution in [-0.4, -0.2) is 12.5 Å². The number of carbonyl (C=O) groups is 1. The van der Waals surface area contributed by atoms with Crippen molar-refractivity contribution in [1.82, 2.24) is 5.32 Å². The van der Waals surface area contributed by atoms with E-state index in [-0.39, 0.29) is 5.91 Å². The van der Waals surface area contributed by atoms with Crippen LogP contribution in [0, 0.1) is 6.92 Å². The number of benzene rings is 2. The van der Waals surface area contributed by atoms with Gasteiger partial charge in [0, 0.05) is 30.2 Å². The van der Waals surface area contributed by atoms with Crippen molar-refractivity contribution in [3.05, 3.63) is 64.7 Å². The number of rotatable bonds is 6. The molecule has 0 bridgehead atoms. The molecule has 0 saturated carbocycles. The molecule has 3 nitrogen and oxygen atoms in total. The van der Waals surface area contributed by atoms with Crippen molar-refractivity contribution in [3.63, 3.8) is 0 Å². The first-order chi connectivity index (χ1) is 10.1. The number of halogens is 1. The van der Waals surface area contributed by atoms with Gasteiger partial charge in [-0.1, -0.05) is 41.4 Å². The van der Waals surface area contributed by atoms with E-state index in [1.54, 1.807) is 0 Å². The van der Waals surface area contributed by atoms with Gasteiger partial charge in [-0.15, -0.1) is 0 Å². The van der Waals surface area contributed by atoms with Crippen LogP contribution in [0.15, 0.2) is 48.5 Å². The third-order valence-electron chi connectivity index (χ3n) is 3.14. The van der Waals surface area contributed by atoms with Crippen LogP contribution in [0.5, 0.6) is 0 Å². The van der Waals surface area contributed by atoms with Crippen molar-refractivity contribution < 1.29 is 4.79 Å². The largest absolute Gasteiger partial charge is 0.385 e. The molecule has 21 heavy (non-hydrogen) atoms. The van der Waals surface area contributed by atoms with E-state index in [4.69, 9.17) is 11.6 Å². The Balaban J connectivity index is 1.67. The van der Waals surface area contributed by atoms with E-state index < -0.39 is 0 Å². The molecular weight excluding hydrogens is 284 g/mol. The maximum atomic E-state index is 11.8. The second kappa shape index (κ2) is 7.70. The first-order valence-electron chi connectivity index (χ1n) is 6.95. The summed E-state index contributed by atoms with van der Waals surface area (Å²) in [6.45, 7) is 3.20. The van der Waals surface area contributed by atoms with E-state index in [0.29, 0.717) is 24.5 Å². The molecule has 0 spiro atoms. The highest BCUT2D eigenvalue weighted by atomic mass is 35.5. The zero-order chi connectivity index (χ0) is 15.1. The van der Waals surface area contributed by atoms with Crippen LogP contribution in [-0.2, 0) is 11.3 Å². The summed E-state index contributed by atoms with van der Waals surface area (Å²) in [7, 11) is 0. The average Bonchev–Trinajstić information content (AvgIpc) is 2.49. The fourth-order valence-corrected chi connectivity index (χ4v) is 2.01. The van der Waals surface area contributed by atoms with Gasteiger partial charge in [0.1, 0.15) is 0 Å². The molecule has 2 rings (SSSR count). The maximum Gasteiger partial charge on any atom is 0.222 e. The summed E-state index contributed by atoms with van der Waals surface area (Å²) in [5.41, 5.74) is 3.30. The van der Waals surface area contributed by atoms with E-state index in [9.17, 15) is 4.79 Å². The van der Waals surface area contributed by atoms with Gasteiger partial charge in [0.15, 0.2) is 0 Å². The Hall–Kier alpha value is -2.00. The molecule has 0 aliphatic heterocycles. The molecule has 0 aromatic heterocycles. The first kappa shape index (κ1) is 15.4. The van der Waals surface area contributed by atoms with Crippen molar-refractivity contribution >= 4 is 23.2 Å². The van der Waals surface area contributed by atoms with Crippen molar-refractivity contribution in [2.45, 2.75) is 19.9 Å². The Morgan fingerprint density at radius 1 is 1.05 bits per heavy atom. The van der Waals surface area contributed by atoms with Crippen LogP contribution < -0.4 is 10.6 Å². The van der Waals surface area contributed by atoms with Gasteiger partial charge in [0.2, 0.25) is 5.91 Å². The number of anilines is 1. The van der Waals surface area contributed by atoms with Gasteiger partial charge in [0.05, 0.1) is 0 Å². The summed E-state index contributed by atoms with van der Waals surface area (Å²) < 4.78 is 0. The Labute approximate surface area is 130 Å². The topological polar surface area (TPSA) is 41.1 Å². The summed E-state index contributed by atoms with van der Waals surface area (Å²) >= 11 is 5.82. The second-order valence-corrected chi connectivity index (χ2v) is 5.38. The van der Waals surface area contributed by atoms with Gasteiger partial charge in [-0.2, -0.15) is 0 Å². The SMILES string of the molecule is Cc1ccc(NCCC(=O)NCc2ccc(Cl)cc2)cc1. The van der Waals surface area contributed by atoms with Gasteiger partial charge >= 0.3 is 0 Å². The Bertz CT molecular complexity index is 579. The summed E-state index contributed by atoms with van der Waals surface area (Å²) in [5.74, 6) is 0.0320. The number of aryl methyl sites for hydroxylation is 1. The molecule has 0 radical (unpaired) electrons. The Morgan fingerprint density at radius 3 is 2.38 bits per heavy atom. The molecule has 0 unspecified atom stereocenters. The highest BCUT2D eigenvalue weighted by Gasteiger charge is 2.01. The third kappa shape index (κ3) is 5.48. The quantitative estimate of drug-likeness (QED) is 0.853. The van der Waals surface area contributed by atoms with Gasteiger partial charge < -0.3 is 10.6 Å². The lowest BCUT2D eigenvalue weighted by Crippen LogP contribution is -2.24. The predicted molar refractivity (Wildman–Crippen MR) is 87.6 cm³/mol. The van der Waals surface area contributed by atoms with Crippen molar-refractivity contribution in [2.75, 3.05) is 11.9 Å². The molecule has 110 valence electrons. The summed E-state index contributed by atoms with van der Waals surface area (Å²) in [6.07, 6.45) is 0.446. The van der Waals surface area contributed by atoms with Gasteiger partial charge in [-0.25, -0.2) is 0 Å². The van der Waals surface area contributed by atoms with E-state index in [0.717, 1.165) is 11.3 Å². The van der Waals surface area contributed by atoms with E-state index in [1.807, 2.05) is 55.5 Å². The number of nitrogens with one attached hydrogen (secondary N) is 2. The zero-order valence-electron chi connectivity index (χ0n) is 12.0. The standard InChI is InChI=1S/C17H19ClN2O/c1-13-2-8-16(9-3-13)19-11-10-17(21)20-12-14-4-6-15(18)7-5-14/h2-9,19H,10-12H2,1H3,(H,20,21). The second-order valence-electron chi connectivity index (χ2n) is 4.95. The minimum absolute atomic E-state index is 0.0320. The average molecular weight is 303 g/mol. The van der Waals surface area contributed by atoms with Gasteiger partial charge in [0.25, 0.3) is 0 Å². The lowest BCUT2D eigenvalue weighted by molar-refractivity contribution is -0.121. The molecule has 1 amide bonds. The lowest BCUT2D eigenvalue weighted by atomic mass is 10.2. The smallest absolute Gasteiger partial charge is 0.222 e. The molecule has 2 aromatic carbocycles. The van der Waals surface area contributed by atoms with Crippen LogP contribution in [0.2, 0.25) is 5.02 Å². The monoisotopic (exact) mass is 302 g/mol. The molecule has 0 aliphatic carbocycles. The van der Waals surface area contributed by atoms with Crippen LogP contribution >= 0.6 is 11.6 Å². The minimum Gasteiger partial charge on any atom is -0.385 e. The third-order valence-corrected chi connectivity index (χ3v) is 3.39. The normalized spacial score (nSPS) is 10.2. The van der Waals surface area contributed by atoms with Crippen LogP contribution in [0.3, 0.4) is 0 Å². The minimum atomic E-state index is 0.0320. The zero-order valence-corrected chi connectivity index (χ0v) is 12.8. The Morgan fingerprint density at radius 2 is 1.71 bits per heavy atom. The molecule has 2 N–H and O–H groups in total. The summed E-state index contributed by atoms with van der Waals surface area (Å²) in [6, 6.07) is 15.6. The van der Waals surface area contributed by atoms with E-state index in [2.05, 4.69) is 10.6 Å². The maximum absolute atomic E-state index is 11.8. The van der Waals surface area contributed by atoms with Crippen LogP contribution in [0.25, 0.3) is 0 Å². The molecule has 4 heteroatoms. The molecule has 0 atom stereocenters. The fraction of sp³-hybridized carbons (Fsp3) is 0.235. The van der Waals surface area contributed by atoms with Gasteiger partial charge in [-0.05, 0) is 36.8 Å². The van der Waals surface area contributed by atoms with Crippen molar-refractivity contribution in [1.29, 1.82) is 0 Å². The van der Waals surface area contributed by atoms with Crippen LogP contribution in [0.4, 0.5) is 5.69 Å². The highest BCUT2D eigenvalue weighted by Crippen LogP contribution is 2.10. The molecule has 2 aromatic rings. The highest BCUT2D eigenvalue weighted by molar-refractivity contribution is 6.30. The Kier molecular flexibility index (Phi) is 5.64. The van der Waals surface area contributed by atoms with Crippen molar-refractivity contribution in [2.24, 2.45) is 0 Å². The summed E-state index contributed by atoms with van der Waals surface area (Å²) in [4.78, 5) is 11.8. The lowest BCUT2D eigenvalue weighted by Gasteiger charge is -2.08. The van der Waals surface area contributed by atoms with E-state index in [1.165, 1.54) is 5.56 Å². The molecular formula is C17H19ClN2O. The number of amides is 1. The van der Waals surface area contributed by atoms with Gasteiger partial charge in [-0.3, -0.25) is 4.79 Å². The number of hydrogen-bond acceptors (Lipinski definition) is 2.